The summed E-state index contributed by atoms with van der Waals surface area (Å²) in [5.41, 5.74) is 0. The number of nitrogens with zero attached hydrogens (tertiary/aromatic N) is 1. The van der Waals surface area contributed by atoms with Gasteiger partial charge in [-0.15, -0.1) is 0 Å². The second-order valence-electron chi connectivity index (χ2n) is 3.16. The van der Waals surface area contributed by atoms with Crippen molar-refractivity contribution in [3.63, 3.8) is 0 Å². The molecule has 0 bridgehead atoms. The lowest BCUT2D eigenvalue weighted by atomic mass is 10.0. The third-order valence-electron chi connectivity index (χ3n) is 2.31. The normalized spacial score (nSPS) is 23.2. The highest BCUT2D eigenvalue weighted by Gasteiger charge is 2.22. The Hall–Kier alpha value is -1.10. The molecular formula is C10H13NO. The van der Waals surface area contributed by atoms with Crippen LogP contribution < -0.4 is 0 Å². The van der Waals surface area contributed by atoms with Gasteiger partial charge in [-0.05, 0) is 25.7 Å². The van der Waals surface area contributed by atoms with Gasteiger partial charge in [0.1, 0.15) is 5.78 Å². The Balaban J connectivity index is 2.19. The van der Waals surface area contributed by atoms with Gasteiger partial charge in [0.25, 0.3) is 0 Å². The first-order chi connectivity index (χ1) is 5.84. The molecule has 1 atom stereocenters. The number of carbonyl (C=O) groups excluding carboxylic acids is 1. The number of hydrogen-bond acceptors (Lipinski definition) is 2. The molecule has 0 aromatic heterocycles. The van der Waals surface area contributed by atoms with Crippen LogP contribution in [0, 0.1) is 17.2 Å². The molecule has 0 spiro atoms. The van der Waals surface area contributed by atoms with Gasteiger partial charge < -0.3 is 0 Å². The molecular weight excluding hydrogens is 150 g/mol. The van der Waals surface area contributed by atoms with Crippen molar-refractivity contribution in [2.75, 3.05) is 0 Å². The Kier molecular flexibility index (Phi) is 3.53. The smallest absolute Gasteiger partial charge is 0.135 e. The molecule has 0 amide bonds. The van der Waals surface area contributed by atoms with Crippen molar-refractivity contribution in [2.24, 2.45) is 5.92 Å². The number of hydrogen-bond donors (Lipinski definition) is 0. The van der Waals surface area contributed by atoms with E-state index in [1.807, 2.05) is 12.1 Å². The standard InChI is InChI=1S/C10H13NO/c11-8-3-1-2-5-9-6-4-7-10(9)12/h1,3,9H,2,4-7H2/b3-1-. The van der Waals surface area contributed by atoms with Gasteiger partial charge in [-0.25, -0.2) is 0 Å². The molecule has 64 valence electrons. The highest BCUT2D eigenvalue weighted by atomic mass is 16.1. The first-order valence-corrected chi connectivity index (χ1v) is 4.42. The minimum Gasteiger partial charge on any atom is -0.299 e. The summed E-state index contributed by atoms with van der Waals surface area (Å²) in [6.45, 7) is 0. The average Bonchev–Trinajstić information content (AvgIpc) is 2.46. The minimum absolute atomic E-state index is 0.286. The lowest BCUT2D eigenvalue weighted by Crippen LogP contribution is -2.04. The predicted molar refractivity (Wildman–Crippen MR) is 46.3 cm³/mol. The summed E-state index contributed by atoms with van der Waals surface area (Å²) in [4.78, 5) is 11.1. The summed E-state index contributed by atoms with van der Waals surface area (Å²) < 4.78 is 0. The van der Waals surface area contributed by atoms with Gasteiger partial charge in [-0.3, -0.25) is 4.79 Å². The monoisotopic (exact) mass is 163 g/mol. The molecule has 1 unspecified atom stereocenters. The van der Waals surface area contributed by atoms with E-state index < -0.39 is 0 Å². The summed E-state index contributed by atoms with van der Waals surface area (Å²) in [5, 5.41) is 8.21. The van der Waals surface area contributed by atoms with E-state index >= 15 is 0 Å². The fourth-order valence-corrected chi connectivity index (χ4v) is 1.63. The Morgan fingerprint density at radius 1 is 1.67 bits per heavy atom. The molecule has 1 fully saturated rings. The van der Waals surface area contributed by atoms with E-state index in [-0.39, 0.29) is 5.92 Å². The van der Waals surface area contributed by atoms with Crippen molar-refractivity contribution >= 4 is 5.78 Å². The van der Waals surface area contributed by atoms with E-state index in [0.717, 1.165) is 32.1 Å². The van der Waals surface area contributed by atoms with Crippen LogP contribution in [-0.4, -0.2) is 5.78 Å². The summed E-state index contributed by atoms with van der Waals surface area (Å²) in [7, 11) is 0. The third-order valence-corrected chi connectivity index (χ3v) is 2.31. The molecule has 0 aromatic carbocycles. The average molecular weight is 163 g/mol. The van der Waals surface area contributed by atoms with Crippen LogP contribution in [0.5, 0.6) is 0 Å². The lowest BCUT2D eigenvalue weighted by Gasteiger charge is -2.03. The largest absolute Gasteiger partial charge is 0.299 e. The molecule has 1 aliphatic carbocycles. The summed E-state index contributed by atoms with van der Waals surface area (Å²) in [6.07, 6.45) is 8.00. The third kappa shape index (κ3) is 2.50. The number of carbonyl (C=O) groups is 1. The van der Waals surface area contributed by atoms with Gasteiger partial charge in [-0.1, -0.05) is 6.08 Å². The van der Waals surface area contributed by atoms with Crippen LogP contribution >= 0.6 is 0 Å². The second kappa shape index (κ2) is 4.71. The lowest BCUT2D eigenvalue weighted by molar-refractivity contribution is -0.120. The first kappa shape index (κ1) is 8.99. The molecule has 0 saturated heterocycles. The first-order valence-electron chi connectivity index (χ1n) is 4.42. The van der Waals surface area contributed by atoms with Gasteiger partial charge in [0.05, 0.1) is 6.07 Å². The number of Topliss-reactive ketones (excluding diaryl/α,β-unsaturated/α-hetero) is 1. The predicted octanol–water partition coefficient (Wildman–Crippen LogP) is 2.22. The molecule has 0 heterocycles. The van der Waals surface area contributed by atoms with Crippen LogP contribution in [0.1, 0.15) is 32.1 Å². The van der Waals surface area contributed by atoms with E-state index in [2.05, 4.69) is 0 Å². The van der Waals surface area contributed by atoms with Gasteiger partial charge in [0.2, 0.25) is 0 Å². The van der Waals surface area contributed by atoms with E-state index in [0.29, 0.717) is 5.78 Å². The van der Waals surface area contributed by atoms with Crippen LogP contribution in [0.2, 0.25) is 0 Å². The highest BCUT2D eigenvalue weighted by Crippen LogP contribution is 2.25. The van der Waals surface area contributed by atoms with Gasteiger partial charge in [-0.2, -0.15) is 5.26 Å². The Morgan fingerprint density at radius 2 is 2.50 bits per heavy atom. The van der Waals surface area contributed by atoms with E-state index in [1.54, 1.807) is 0 Å². The number of ketones is 1. The fourth-order valence-electron chi connectivity index (χ4n) is 1.63. The molecule has 1 rings (SSSR count). The number of nitriles is 1. The van der Waals surface area contributed by atoms with Crippen molar-refractivity contribution in [3.05, 3.63) is 12.2 Å². The maximum Gasteiger partial charge on any atom is 0.135 e. The van der Waals surface area contributed by atoms with Gasteiger partial charge >= 0.3 is 0 Å². The molecule has 1 saturated carbocycles. The quantitative estimate of drug-likeness (QED) is 0.598. The Labute approximate surface area is 72.9 Å². The minimum atomic E-state index is 0.286. The highest BCUT2D eigenvalue weighted by molar-refractivity contribution is 5.82. The van der Waals surface area contributed by atoms with Gasteiger partial charge in [0, 0.05) is 18.4 Å². The van der Waals surface area contributed by atoms with Crippen LogP contribution in [-0.2, 0) is 4.79 Å². The zero-order valence-corrected chi connectivity index (χ0v) is 7.12. The second-order valence-corrected chi connectivity index (χ2v) is 3.16. The van der Waals surface area contributed by atoms with E-state index in [9.17, 15) is 4.79 Å². The SMILES string of the molecule is N#C/C=C\CCC1CCCC1=O. The topological polar surface area (TPSA) is 40.9 Å². The van der Waals surface area contributed by atoms with Crippen LogP contribution in [0.4, 0.5) is 0 Å². The van der Waals surface area contributed by atoms with Crippen LogP contribution in [0.15, 0.2) is 12.2 Å². The van der Waals surface area contributed by atoms with Gasteiger partial charge in [0.15, 0.2) is 0 Å². The fraction of sp³-hybridized carbons (Fsp3) is 0.600. The maximum absolute atomic E-state index is 11.1. The summed E-state index contributed by atoms with van der Waals surface area (Å²) in [5.74, 6) is 0.703. The number of rotatable bonds is 3. The summed E-state index contributed by atoms with van der Waals surface area (Å²) in [6, 6.07) is 1.94. The Morgan fingerprint density at radius 3 is 3.08 bits per heavy atom. The van der Waals surface area contributed by atoms with Crippen molar-refractivity contribution in [2.45, 2.75) is 32.1 Å². The number of allylic oxidation sites excluding steroid dienone is 2. The summed E-state index contributed by atoms with van der Waals surface area (Å²) >= 11 is 0. The van der Waals surface area contributed by atoms with E-state index in [1.165, 1.54) is 6.08 Å². The van der Waals surface area contributed by atoms with Crippen LogP contribution in [0.25, 0.3) is 0 Å². The molecule has 2 nitrogen and oxygen atoms in total. The molecule has 12 heavy (non-hydrogen) atoms. The van der Waals surface area contributed by atoms with Crippen molar-refractivity contribution in [1.29, 1.82) is 5.26 Å². The molecule has 2 heteroatoms. The maximum atomic E-state index is 11.1. The molecule has 0 aliphatic heterocycles. The Bertz CT molecular complexity index is 224. The molecule has 0 radical (unpaired) electrons. The van der Waals surface area contributed by atoms with Crippen LogP contribution in [0.3, 0.4) is 0 Å². The molecule has 0 N–H and O–H groups in total. The van der Waals surface area contributed by atoms with Crippen molar-refractivity contribution in [1.82, 2.24) is 0 Å². The van der Waals surface area contributed by atoms with Crippen molar-refractivity contribution in [3.8, 4) is 6.07 Å². The molecule has 1 aliphatic rings. The molecule has 0 aromatic rings. The zero-order valence-electron chi connectivity index (χ0n) is 7.12. The zero-order chi connectivity index (χ0) is 8.81. The van der Waals surface area contributed by atoms with E-state index in [4.69, 9.17) is 5.26 Å². The van der Waals surface area contributed by atoms with Crippen molar-refractivity contribution < 1.29 is 4.79 Å².